The normalized spacial score (nSPS) is 29.1. The molecule has 1 aromatic rings. The molecule has 86 valence electrons. The lowest BCUT2D eigenvalue weighted by Gasteiger charge is -2.35. The summed E-state index contributed by atoms with van der Waals surface area (Å²) in [7, 11) is 4.02. The van der Waals surface area contributed by atoms with Gasteiger partial charge in [-0.15, -0.1) is 0 Å². The van der Waals surface area contributed by atoms with Crippen LogP contribution < -0.4 is 5.01 Å². The summed E-state index contributed by atoms with van der Waals surface area (Å²) in [6.45, 7) is 2.08. The fraction of sp³-hybridized carbons (Fsp3) is 0.417. The second-order valence-electron chi connectivity index (χ2n) is 4.38. The maximum absolute atomic E-state index is 6.47. The molecule has 1 aliphatic rings. The molecule has 1 aliphatic heterocycles. The van der Waals surface area contributed by atoms with Gasteiger partial charge in [-0.2, -0.15) is 5.10 Å². The highest BCUT2D eigenvalue weighted by atomic mass is 35.5. The molecule has 0 saturated heterocycles. The smallest absolute Gasteiger partial charge is 0.149 e. The van der Waals surface area contributed by atoms with E-state index in [0.717, 1.165) is 5.69 Å². The van der Waals surface area contributed by atoms with Crippen molar-refractivity contribution in [2.75, 3.05) is 19.1 Å². The van der Waals surface area contributed by atoms with E-state index in [1.54, 1.807) is 0 Å². The molecule has 0 bridgehead atoms. The first kappa shape index (κ1) is 11.4. The van der Waals surface area contributed by atoms with E-state index in [-0.39, 0.29) is 11.0 Å². The molecule has 0 saturated carbocycles. The number of rotatable bonds is 2. The van der Waals surface area contributed by atoms with Gasteiger partial charge in [0, 0.05) is 6.21 Å². The number of alkyl halides is 1. The summed E-state index contributed by atoms with van der Waals surface area (Å²) >= 11 is 6.47. The van der Waals surface area contributed by atoms with Crippen molar-refractivity contribution in [1.82, 2.24) is 4.90 Å². The Bertz CT molecular complexity index is 391. The van der Waals surface area contributed by atoms with Crippen LogP contribution in [-0.2, 0) is 0 Å². The zero-order chi connectivity index (χ0) is 11.8. The van der Waals surface area contributed by atoms with Gasteiger partial charge in [0.25, 0.3) is 0 Å². The Morgan fingerprint density at radius 3 is 2.44 bits per heavy atom. The Kier molecular flexibility index (Phi) is 2.91. The van der Waals surface area contributed by atoms with Crippen molar-refractivity contribution in [3.8, 4) is 0 Å². The molecule has 0 N–H and O–H groups in total. The van der Waals surface area contributed by atoms with Gasteiger partial charge >= 0.3 is 0 Å². The van der Waals surface area contributed by atoms with Gasteiger partial charge in [-0.05, 0) is 33.2 Å². The standard InChI is InChI=1S/C12H16ClN3/c1-12(15(2)3)9-14-16(11(12)13)10-7-5-4-6-8-10/h4-9,11H,1-3H3. The molecule has 0 radical (unpaired) electrons. The van der Waals surface area contributed by atoms with Crippen LogP contribution in [0, 0.1) is 0 Å². The number of likely N-dealkylation sites (N-methyl/N-ethyl adjacent to an activating group) is 1. The fourth-order valence-corrected chi connectivity index (χ4v) is 2.07. The van der Waals surface area contributed by atoms with Crippen LogP contribution in [0.25, 0.3) is 0 Å². The lowest BCUT2D eigenvalue weighted by molar-refractivity contribution is 0.256. The molecule has 0 aromatic heterocycles. The molecule has 1 aromatic carbocycles. The SMILES string of the molecule is CN(C)C1(C)C=NN(c2ccccc2)C1Cl. The summed E-state index contributed by atoms with van der Waals surface area (Å²) in [4.78, 5) is 2.08. The van der Waals surface area contributed by atoms with Crippen LogP contribution in [0.2, 0.25) is 0 Å². The zero-order valence-corrected chi connectivity index (χ0v) is 10.5. The van der Waals surface area contributed by atoms with Crippen molar-refractivity contribution < 1.29 is 0 Å². The molecule has 0 fully saturated rings. The molecular weight excluding hydrogens is 222 g/mol. The highest BCUT2D eigenvalue weighted by Gasteiger charge is 2.42. The highest BCUT2D eigenvalue weighted by molar-refractivity contribution is 6.25. The van der Waals surface area contributed by atoms with Crippen molar-refractivity contribution in [2.45, 2.75) is 18.0 Å². The van der Waals surface area contributed by atoms with E-state index in [0.29, 0.717) is 0 Å². The summed E-state index contributed by atoms with van der Waals surface area (Å²) < 4.78 is 0. The van der Waals surface area contributed by atoms with Gasteiger partial charge in [-0.1, -0.05) is 29.8 Å². The minimum absolute atomic E-state index is 0.190. The van der Waals surface area contributed by atoms with E-state index >= 15 is 0 Å². The Morgan fingerprint density at radius 2 is 1.94 bits per heavy atom. The van der Waals surface area contributed by atoms with E-state index in [4.69, 9.17) is 11.6 Å². The molecule has 2 rings (SSSR count). The molecule has 16 heavy (non-hydrogen) atoms. The maximum Gasteiger partial charge on any atom is 0.149 e. The molecular formula is C12H16ClN3. The number of hydrogen-bond acceptors (Lipinski definition) is 3. The first-order chi connectivity index (χ1) is 7.55. The zero-order valence-electron chi connectivity index (χ0n) is 9.76. The number of para-hydroxylation sites is 1. The van der Waals surface area contributed by atoms with Crippen LogP contribution in [0.3, 0.4) is 0 Å². The summed E-state index contributed by atoms with van der Waals surface area (Å²) in [6.07, 6.45) is 1.90. The predicted octanol–water partition coefficient (Wildman–Crippen LogP) is 2.38. The minimum Gasteiger partial charge on any atom is -0.296 e. The Morgan fingerprint density at radius 1 is 1.31 bits per heavy atom. The number of hydrazone groups is 1. The van der Waals surface area contributed by atoms with Crippen molar-refractivity contribution >= 4 is 23.5 Å². The quantitative estimate of drug-likeness (QED) is 0.581. The lowest BCUT2D eigenvalue weighted by atomic mass is 10.0. The summed E-state index contributed by atoms with van der Waals surface area (Å²) in [5, 5.41) is 6.24. The molecule has 1 heterocycles. The average Bonchev–Trinajstić information content (AvgIpc) is 2.59. The second kappa shape index (κ2) is 4.07. The Hall–Kier alpha value is -1.06. The van der Waals surface area contributed by atoms with Crippen LogP contribution in [0.15, 0.2) is 35.4 Å². The average molecular weight is 238 g/mol. The summed E-state index contributed by atoms with van der Waals surface area (Å²) in [5.41, 5.74) is 0.589. The first-order valence-corrected chi connectivity index (χ1v) is 5.70. The van der Waals surface area contributed by atoms with E-state index in [1.807, 2.05) is 55.7 Å². The van der Waals surface area contributed by atoms with E-state index in [9.17, 15) is 0 Å². The van der Waals surface area contributed by atoms with E-state index in [2.05, 4.69) is 16.9 Å². The Balaban J connectivity index is 2.27. The molecule has 2 unspecified atom stereocenters. The first-order valence-electron chi connectivity index (χ1n) is 5.26. The third kappa shape index (κ3) is 1.70. The molecule has 2 atom stereocenters. The van der Waals surface area contributed by atoms with Crippen LogP contribution in [0.1, 0.15) is 6.92 Å². The van der Waals surface area contributed by atoms with Gasteiger partial charge in [0.2, 0.25) is 0 Å². The lowest BCUT2D eigenvalue weighted by Crippen LogP contribution is -2.51. The number of hydrogen-bond donors (Lipinski definition) is 0. The van der Waals surface area contributed by atoms with Crippen LogP contribution >= 0.6 is 11.6 Å². The van der Waals surface area contributed by atoms with Gasteiger partial charge in [-0.25, -0.2) is 5.01 Å². The molecule has 0 spiro atoms. The van der Waals surface area contributed by atoms with Crippen molar-refractivity contribution in [2.24, 2.45) is 5.10 Å². The molecule has 0 amide bonds. The molecule has 4 heteroatoms. The number of nitrogens with zero attached hydrogens (tertiary/aromatic N) is 3. The Labute approximate surface area is 101 Å². The van der Waals surface area contributed by atoms with E-state index < -0.39 is 0 Å². The van der Waals surface area contributed by atoms with Crippen LogP contribution in [0.4, 0.5) is 5.69 Å². The number of halogens is 1. The summed E-state index contributed by atoms with van der Waals surface area (Å²) in [6, 6.07) is 9.97. The topological polar surface area (TPSA) is 18.8 Å². The number of benzene rings is 1. The minimum atomic E-state index is -0.239. The van der Waals surface area contributed by atoms with Crippen LogP contribution in [-0.4, -0.2) is 36.2 Å². The molecule has 3 nitrogen and oxygen atoms in total. The monoisotopic (exact) mass is 237 g/mol. The van der Waals surface area contributed by atoms with Gasteiger partial charge in [0.05, 0.1) is 11.2 Å². The summed E-state index contributed by atoms with van der Waals surface area (Å²) in [5.74, 6) is 0. The fourth-order valence-electron chi connectivity index (χ4n) is 1.65. The third-order valence-corrected chi connectivity index (χ3v) is 3.75. The molecule has 0 aliphatic carbocycles. The van der Waals surface area contributed by atoms with Crippen molar-refractivity contribution in [3.63, 3.8) is 0 Å². The maximum atomic E-state index is 6.47. The van der Waals surface area contributed by atoms with Gasteiger partial charge in [-0.3, -0.25) is 4.90 Å². The van der Waals surface area contributed by atoms with E-state index in [1.165, 1.54) is 0 Å². The third-order valence-electron chi connectivity index (χ3n) is 3.12. The predicted molar refractivity (Wildman–Crippen MR) is 69.1 cm³/mol. The second-order valence-corrected chi connectivity index (χ2v) is 4.79. The highest BCUT2D eigenvalue weighted by Crippen LogP contribution is 2.32. The van der Waals surface area contributed by atoms with Gasteiger partial charge in [0.1, 0.15) is 5.50 Å². The largest absolute Gasteiger partial charge is 0.296 e. The van der Waals surface area contributed by atoms with Crippen molar-refractivity contribution in [3.05, 3.63) is 30.3 Å². The van der Waals surface area contributed by atoms with Gasteiger partial charge < -0.3 is 0 Å². The number of anilines is 1. The van der Waals surface area contributed by atoms with Crippen molar-refractivity contribution in [1.29, 1.82) is 0 Å². The van der Waals surface area contributed by atoms with Gasteiger partial charge in [0.15, 0.2) is 0 Å². The van der Waals surface area contributed by atoms with Crippen LogP contribution in [0.5, 0.6) is 0 Å².